The van der Waals surface area contributed by atoms with Crippen LogP contribution >= 0.6 is 15.9 Å². The number of hydrogen-bond acceptors (Lipinski definition) is 3. The van der Waals surface area contributed by atoms with Crippen molar-refractivity contribution in [3.63, 3.8) is 0 Å². The van der Waals surface area contributed by atoms with Crippen molar-refractivity contribution in [3.05, 3.63) is 53.0 Å². The van der Waals surface area contributed by atoms with Crippen molar-refractivity contribution in [2.75, 3.05) is 11.9 Å². The standard InChI is InChI=1S/C16H14BrN3/c1-2-18-16-14-9-4-3-8-13(14)15(19-20-16)11-6-5-7-12(17)10-11/h3-10H,2H2,1H3,(H,18,20). The number of anilines is 1. The molecule has 1 N–H and O–H groups in total. The summed E-state index contributed by atoms with van der Waals surface area (Å²) in [6, 6.07) is 16.3. The number of benzene rings is 2. The molecule has 2 aromatic carbocycles. The molecule has 1 aromatic heterocycles. The lowest BCUT2D eigenvalue weighted by Gasteiger charge is -2.10. The maximum Gasteiger partial charge on any atom is 0.156 e. The lowest BCUT2D eigenvalue weighted by Crippen LogP contribution is -2.02. The van der Waals surface area contributed by atoms with Crippen LogP contribution in [0.15, 0.2) is 53.0 Å². The number of hydrogen-bond donors (Lipinski definition) is 1. The fraction of sp³-hybridized carbons (Fsp3) is 0.125. The molecule has 0 aliphatic carbocycles. The van der Waals surface area contributed by atoms with E-state index >= 15 is 0 Å². The highest BCUT2D eigenvalue weighted by atomic mass is 79.9. The first-order valence-electron chi connectivity index (χ1n) is 6.55. The van der Waals surface area contributed by atoms with E-state index in [0.717, 1.165) is 38.9 Å². The minimum Gasteiger partial charge on any atom is -0.368 e. The van der Waals surface area contributed by atoms with Crippen LogP contribution < -0.4 is 5.32 Å². The van der Waals surface area contributed by atoms with Crippen LogP contribution in [0.3, 0.4) is 0 Å². The Bertz CT molecular complexity index is 756. The van der Waals surface area contributed by atoms with E-state index in [0.29, 0.717) is 0 Å². The van der Waals surface area contributed by atoms with Crippen molar-refractivity contribution in [1.82, 2.24) is 10.2 Å². The zero-order chi connectivity index (χ0) is 13.9. The van der Waals surface area contributed by atoms with Gasteiger partial charge in [-0.15, -0.1) is 10.2 Å². The molecule has 0 aliphatic heterocycles. The van der Waals surface area contributed by atoms with Crippen molar-refractivity contribution < 1.29 is 0 Å². The summed E-state index contributed by atoms with van der Waals surface area (Å²) in [5.41, 5.74) is 1.97. The first-order chi connectivity index (χ1) is 9.79. The highest BCUT2D eigenvalue weighted by Gasteiger charge is 2.10. The van der Waals surface area contributed by atoms with Crippen molar-refractivity contribution in [2.24, 2.45) is 0 Å². The summed E-state index contributed by atoms with van der Waals surface area (Å²) in [7, 11) is 0. The largest absolute Gasteiger partial charge is 0.368 e. The van der Waals surface area contributed by atoms with Crippen LogP contribution in [0.1, 0.15) is 6.92 Å². The van der Waals surface area contributed by atoms with Gasteiger partial charge in [0.25, 0.3) is 0 Å². The van der Waals surface area contributed by atoms with Crippen LogP contribution in [0.2, 0.25) is 0 Å². The second-order valence-corrected chi connectivity index (χ2v) is 5.40. The van der Waals surface area contributed by atoms with E-state index in [-0.39, 0.29) is 0 Å². The first-order valence-corrected chi connectivity index (χ1v) is 7.34. The average molecular weight is 328 g/mol. The Morgan fingerprint density at radius 3 is 2.55 bits per heavy atom. The molecule has 0 aliphatic rings. The van der Waals surface area contributed by atoms with Gasteiger partial charge in [-0.25, -0.2) is 0 Å². The van der Waals surface area contributed by atoms with Crippen LogP contribution in [0.25, 0.3) is 22.0 Å². The van der Waals surface area contributed by atoms with Gasteiger partial charge >= 0.3 is 0 Å². The lowest BCUT2D eigenvalue weighted by molar-refractivity contribution is 1.03. The molecular weight excluding hydrogens is 314 g/mol. The monoisotopic (exact) mass is 327 g/mol. The van der Waals surface area contributed by atoms with Gasteiger partial charge in [0.05, 0.1) is 0 Å². The summed E-state index contributed by atoms with van der Waals surface area (Å²) in [5, 5.41) is 14.2. The fourth-order valence-corrected chi connectivity index (χ4v) is 2.65. The Morgan fingerprint density at radius 1 is 1.00 bits per heavy atom. The molecule has 0 spiro atoms. The van der Waals surface area contributed by atoms with Crippen molar-refractivity contribution in [2.45, 2.75) is 6.92 Å². The Morgan fingerprint density at radius 2 is 1.80 bits per heavy atom. The highest BCUT2D eigenvalue weighted by molar-refractivity contribution is 9.10. The number of nitrogens with one attached hydrogen (secondary N) is 1. The molecule has 0 saturated carbocycles. The Balaban J connectivity index is 2.25. The normalized spacial score (nSPS) is 10.7. The van der Waals surface area contributed by atoms with Gasteiger partial charge in [0.2, 0.25) is 0 Å². The summed E-state index contributed by atoms with van der Waals surface area (Å²) in [5.74, 6) is 0.835. The summed E-state index contributed by atoms with van der Waals surface area (Å²) in [6.07, 6.45) is 0. The van der Waals surface area contributed by atoms with Gasteiger partial charge in [-0.2, -0.15) is 0 Å². The third-order valence-electron chi connectivity index (χ3n) is 3.13. The third-order valence-corrected chi connectivity index (χ3v) is 3.62. The quantitative estimate of drug-likeness (QED) is 0.770. The van der Waals surface area contributed by atoms with Gasteiger partial charge in [-0.3, -0.25) is 0 Å². The topological polar surface area (TPSA) is 37.8 Å². The minimum absolute atomic E-state index is 0.828. The van der Waals surface area contributed by atoms with Crippen LogP contribution in [0.5, 0.6) is 0 Å². The maximum atomic E-state index is 4.40. The molecular formula is C16H14BrN3. The van der Waals surface area contributed by atoms with Crippen LogP contribution in [0.4, 0.5) is 5.82 Å². The van der Waals surface area contributed by atoms with E-state index in [2.05, 4.69) is 56.6 Å². The summed E-state index contributed by atoms with van der Waals surface area (Å²) in [4.78, 5) is 0. The number of halogens is 1. The van der Waals surface area contributed by atoms with Gasteiger partial charge < -0.3 is 5.32 Å². The molecule has 0 saturated heterocycles. The van der Waals surface area contributed by atoms with Crippen LogP contribution in [-0.2, 0) is 0 Å². The molecule has 1 heterocycles. The summed E-state index contributed by atoms with van der Waals surface area (Å²) >= 11 is 3.50. The third kappa shape index (κ3) is 2.39. The summed E-state index contributed by atoms with van der Waals surface area (Å²) in [6.45, 7) is 2.88. The zero-order valence-corrected chi connectivity index (χ0v) is 12.7. The molecule has 20 heavy (non-hydrogen) atoms. The molecule has 0 unspecified atom stereocenters. The van der Waals surface area contributed by atoms with Gasteiger partial charge in [0, 0.05) is 27.4 Å². The Labute approximate surface area is 126 Å². The SMILES string of the molecule is CCNc1nnc(-c2cccc(Br)c2)c2ccccc12. The molecule has 0 fully saturated rings. The lowest BCUT2D eigenvalue weighted by atomic mass is 10.0. The molecule has 3 rings (SSSR count). The smallest absolute Gasteiger partial charge is 0.156 e. The number of fused-ring (bicyclic) bond motifs is 1. The van der Waals surface area contributed by atoms with E-state index in [1.807, 2.05) is 30.3 Å². The number of aromatic nitrogens is 2. The van der Waals surface area contributed by atoms with E-state index in [1.165, 1.54) is 0 Å². The number of rotatable bonds is 3. The first kappa shape index (κ1) is 13.1. The molecule has 3 nitrogen and oxygen atoms in total. The fourth-order valence-electron chi connectivity index (χ4n) is 2.25. The molecule has 0 atom stereocenters. The highest BCUT2D eigenvalue weighted by Crippen LogP contribution is 2.30. The second kappa shape index (κ2) is 5.59. The number of nitrogens with zero attached hydrogens (tertiary/aromatic N) is 2. The molecule has 100 valence electrons. The van der Waals surface area contributed by atoms with E-state index in [4.69, 9.17) is 0 Å². The molecule has 0 radical (unpaired) electrons. The van der Waals surface area contributed by atoms with Gasteiger partial charge in [-0.05, 0) is 19.1 Å². The van der Waals surface area contributed by atoms with E-state index < -0.39 is 0 Å². The zero-order valence-electron chi connectivity index (χ0n) is 11.1. The predicted octanol–water partition coefficient (Wildman–Crippen LogP) is 4.49. The van der Waals surface area contributed by atoms with Crippen LogP contribution in [-0.4, -0.2) is 16.7 Å². The minimum atomic E-state index is 0.828. The van der Waals surface area contributed by atoms with Gasteiger partial charge in [0.1, 0.15) is 5.69 Å². The van der Waals surface area contributed by atoms with Crippen LogP contribution in [0, 0.1) is 0 Å². The molecule has 0 amide bonds. The van der Waals surface area contributed by atoms with E-state index in [1.54, 1.807) is 0 Å². The van der Waals surface area contributed by atoms with Gasteiger partial charge in [-0.1, -0.05) is 52.3 Å². The molecule has 0 bridgehead atoms. The second-order valence-electron chi connectivity index (χ2n) is 4.48. The summed E-state index contributed by atoms with van der Waals surface area (Å²) < 4.78 is 1.04. The van der Waals surface area contributed by atoms with Crippen molar-refractivity contribution in [1.29, 1.82) is 0 Å². The molecule has 3 aromatic rings. The van der Waals surface area contributed by atoms with E-state index in [9.17, 15) is 0 Å². The maximum absolute atomic E-state index is 4.40. The molecule has 4 heteroatoms. The predicted molar refractivity (Wildman–Crippen MR) is 86.8 cm³/mol. The average Bonchev–Trinajstić information content (AvgIpc) is 2.48. The van der Waals surface area contributed by atoms with Gasteiger partial charge in [0.15, 0.2) is 5.82 Å². The Kier molecular flexibility index (Phi) is 3.65. The van der Waals surface area contributed by atoms with Crippen molar-refractivity contribution in [3.8, 4) is 11.3 Å². The van der Waals surface area contributed by atoms with Crippen molar-refractivity contribution >= 4 is 32.5 Å². The Hall–Kier alpha value is -1.94.